The van der Waals surface area contributed by atoms with Crippen molar-refractivity contribution in [2.45, 2.75) is 144 Å². The number of carbonyl (C=O) groups excluding carboxylic acids is 5. The van der Waals surface area contributed by atoms with Crippen LogP contribution in [0, 0.1) is 17.3 Å². The maximum absolute atomic E-state index is 14.4. The highest BCUT2D eigenvalue weighted by Crippen LogP contribution is 2.65. The molecule has 15 heteroatoms. The van der Waals surface area contributed by atoms with E-state index in [1.165, 1.54) is 4.90 Å². The van der Waals surface area contributed by atoms with Crippen LogP contribution in [0.4, 0.5) is 4.79 Å². The average Bonchev–Trinajstić information content (AvgIpc) is 3.79. The Bertz CT molecular complexity index is 1410. The molecular weight excluding hydrogens is 681 g/mol. The van der Waals surface area contributed by atoms with Crippen molar-refractivity contribution >= 4 is 62.6 Å². The number of unbranched alkanes of at least 4 members (excludes halogenated alkanes) is 1. The standard InChI is InChI=1S/C33H51Cl2N5O7S/c1-5-6-11-21(25(41)28(43)36-19-13-14-19)37-27(42)24-23-20(33(23,34)35)18-40(24)29(44)26(31(2,3)4)38-30(45)39-32(15-8-7-9-16-32)22-12-10-17-48(22,46)47/h19-24,26H,5-18H2,1-4H3,(H,36,43)(H,37,42)(H2,38,39,45). The smallest absolute Gasteiger partial charge is 0.315 e. The minimum absolute atomic E-state index is 0.0261. The second-order valence-corrected chi connectivity index (χ2v) is 19.4. The lowest BCUT2D eigenvalue weighted by Gasteiger charge is -2.43. The SMILES string of the molecule is CCCCC(NC(=O)C1C2C(CN1C(=O)C(NC(=O)NC1(C3CCCS3(=O)=O)CCCCC1)C(C)(C)C)C2(Cl)Cl)C(=O)C(=O)NC1CC1. The molecule has 2 aliphatic heterocycles. The molecule has 0 aromatic heterocycles. The number of fused-ring (bicyclic) bond motifs is 1. The van der Waals surface area contributed by atoms with E-state index in [0.29, 0.717) is 32.1 Å². The zero-order chi connectivity index (χ0) is 35.2. The molecular formula is C33H51Cl2N5O7S. The maximum Gasteiger partial charge on any atom is 0.315 e. The van der Waals surface area contributed by atoms with Crippen LogP contribution in [0.1, 0.15) is 105 Å². The number of urea groups is 1. The highest BCUT2D eigenvalue weighted by Gasteiger charge is 2.74. The van der Waals surface area contributed by atoms with Crippen LogP contribution in [0.5, 0.6) is 0 Å². The largest absolute Gasteiger partial charge is 0.347 e. The molecule has 0 bridgehead atoms. The van der Waals surface area contributed by atoms with E-state index in [0.717, 1.165) is 38.5 Å². The second kappa shape index (κ2) is 13.9. The Balaban J connectivity index is 1.34. The van der Waals surface area contributed by atoms with E-state index in [2.05, 4.69) is 21.3 Å². The van der Waals surface area contributed by atoms with Crippen LogP contribution < -0.4 is 21.3 Å². The van der Waals surface area contributed by atoms with E-state index >= 15 is 0 Å². The van der Waals surface area contributed by atoms with Gasteiger partial charge in [-0.2, -0.15) is 0 Å². The molecule has 0 radical (unpaired) electrons. The Hall–Kier alpha value is -2.12. The van der Waals surface area contributed by atoms with E-state index in [1.54, 1.807) is 20.8 Å². The summed E-state index contributed by atoms with van der Waals surface area (Å²) in [6.45, 7) is 7.40. The molecule has 0 aromatic rings. The Morgan fingerprint density at radius 1 is 0.958 bits per heavy atom. The van der Waals surface area contributed by atoms with Gasteiger partial charge < -0.3 is 26.2 Å². The van der Waals surface area contributed by atoms with Crippen molar-refractivity contribution in [2.24, 2.45) is 17.3 Å². The molecule has 48 heavy (non-hydrogen) atoms. The molecule has 6 unspecified atom stereocenters. The van der Waals surface area contributed by atoms with E-state index in [9.17, 15) is 32.4 Å². The number of piperidine rings is 1. The van der Waals surface area contributed by atoms with E-state index in [-0.39, 0.29) is 24.8 Å². The lowest BCUT2D eigenvalue weighted by atomic mass is 9.78. The normalized spacial score (nSPS) is 29.6. The summed E-state index contributed by atoms with van der Waals surface area (Å²) in [5, 5.41) is 10.6. The number of hydrogen-bond acceptors (Lipinski definition) is 7. The molecule has 5 fully saturated rings. The fourth-order valence-electron chi connectivity index (χ4n) is 8.04. The van der Waals surface area contributed by atoms with E-state index in [4.69, 9.17) is 23.2 Å². The summed E-state index contributed by atoms with van der Waals surface area (Å²) < 4.78 is 24.8. The summed E-state index contributed by atoms with van der Waals surface area (Å²) in [5.74, 6) is -3.50. The van der Waals surface area contributed by atoms with Crippen molar-refractivity contribution in [3.8, 4) is 0 Å². The van der Waals surface area contributed by atoms with Gasteiger partial charge in [-0.3, -0.25) is 19.2 Å². The van der Waals surface area contributed by atoms with Crippen LogP contribution in [-0.4, -0.2) is 94.4 Å². The molecule has 2 heterocycles. The summed E-state index contributed by atoms with van der Waals surface area (Å²) in [4.78, 5) is 69.2. The van der Waals surface area contributed by atoms with Crippen LogP contribution in [0.2, 0.25) is 0 Å². The first-order valence-electron chi connectivity index (χ1n) is 17.6. The van der Waals surface area contributed by atoms with Crippen molar-refractivity contribution < 1.29 is 32.4 Å². The molecule has 3 saturated carbocycles. The van der Waals surface area contributed by atoms with Gasteiger partial charge >= 0.3 is 6.03 Å². The third-order valence-electron chi connectivity index (χ3n) is 10.9. The predicted molar refractivity (Wildman–Crippen MR) is 182 cm³/mol. The Morgan fingerprint density at radius 3 is 2.19 bits per heavy atom. The van der Waals surface area contributed by atoms with Gasteiger partial charge in [0.1, 0.15) is 16.4 Å². The van der Waals surface area contributed by atoms with Gasteiger partial charge in [0.05, 0.1) is 22.6 Å². The summed E-state index contributed by atoms with van der Waals surface area (Å²) in [6.07, 6.45) is 7.88. The zero-order valence-corrected chi connectivity index (χ0v) is 30.7. The first-order valence-corrected chi connectivity index (χ1v) is 20.0. The quantitative estimate of drug-likeness (QED) is 0.177. The average molecular weight is 733 g/mol. The number of nitrogens with zero attached hydrogens (tertiary/aromatic N) is 1. The van der Waals surface area contributed by atoms with Gasteiger partial charge in [0.25, 0.3) is 5.91 Å². The number of rotatable bonds is 12. The number of halogens is 2. The molecule has 3 aliphatic carbocycles. The molecule has 5 rings (SSSR count). The molecule has 0 aromatic carbocycles. The first kappa shape index (κ1) is 37.1. The van der Waals surface area contributed by atoms with Gasteiger partial charge in [-0.25, -0.2) is 13.2 Å². The number of likely N-dealkylation sites (tertiary alicyclic amines) is 1. The van der Waals surface area contributed by atoms with Crippen molar-refractivity contribution in [3.05, 3.63) is 0 Å². The summed E-state index contributed by atoms with van der Waals surface area (Å²) >= 11 is 13.1. The van der Waals surface area contributed by atoms with Crippen LogP contribution >= 0.6 is 23.2 Å². The number of nitrogens with one attached hydrogen (secondary N) is 4. The molecule has 4 N–H and O–H groups in total. The maximum atomic E-state index is 14.4. The van der Waals surface area contributed by atoms with Crippen LogP contribution in [0.3, 0.4) is 0 Å². The van der Waals surface area contributed by atoms with E-state index in [1.807, 2.05) is 6.92 Å². The third-order valence-corrected chi connectivity index (χ3v) is 14.4. The summed E-state index contributed by atoms with van der Waals surface area (Å²) in [5.41, 5.74) is -1.72. The topological polar surface area (TPSA) is 171 Å². The van der Waals surface area contributed by atoms with E-state index < -0.39 is 89.9 Å². The summed E-state index contributed by atoms with van der Waals surface area (Å²) in [6, 6.07) is -3.95. The van der Waals surface area contributed by atoms with Crippen molar-refractivity contribution in [1.29, 1.82) is 0 Å². The predicted octanol–water partition coefficient (Wildman–Crippen LogP) is 3.13. The third kappa shape index (κ3) is 7.62. The van der Waals surface area contributed by atoms with Gasteiger partial charge in [-0.05, 0) is 50.4 Å². The molecule has 0 spiro atoms. The summed E-state index contributed by atoms with van der Waals surface area (Å²) in [7, 11) is -3.37. The van der Waals surface area contributed by atoms with Crippen LogP contribution in [-0.2, 0) is 29.0 Å². The lowest BCUT2D eigenvalue weighted by molar-refractivity contribution is -0.144. The highest BCUT2D eigenvalue weighted by atomic mass is 35.5. The lowest BCUT2D eigenvalue weighted by Crippen LogP contribution is -2.65. The minimum Gasteiger partial charge on any atom is -0.347 e. The minimum atomic E-state index is -3.37. The number of carbonyl (C=O) groups is 5. The molecule has 2 saturated heterocycles. The van der Waals surface area contributed by atoms with Crippen LogP contribution in [0.15, 0.2) is 0 Å². The van der Waals surface area contributed by atoms with Gasteiger partial charge in [0.2, 0.25) is 17.6 Å². The number of amides is 5. The van der Waals surface area contributed by atoms with Crippen molar-refractivity contribution in [3.63, 3.8) is 0 Å². The van der Waals surface area contributed by atoms with Crippen LogP contribution in [0.25, 0.3) is 0 Å². The van der Waals surface area contributed by atoms with Crippen molar-refractivity contribution in [1.82, 2.24) is 26.2 Å². The first-order chi connectivity index (χ1) is 22.4. The highest BCUT2D eigenvalue weighted by molar-refractivity contribution is 7.92. The zero-order valence-electron chi connectivity index (χ0n) is 28.4. The Morgan fingerprint density at radius 2 is 1.62 bits per heavy atom. The fourth-order valence-corrected chi connectivity index (χ4v) is 11.2. The molecule has 6 atom stereocenters. The number of ketones is 1. The molecule has 12 nitrogen and oxygen atoms in total. The molecule has 270 valence electrons. The van der Waals surface area contributed by atoms with Crippen molar-refractivity contribution in [2.75, 3.05) is 12.3 Å². The van der Waals surface area contributed by atoms with Gasteiger partial charge in [-0.15, -0.1) is 23.2 Å². The fraction of sp³-hybridized carbons (Fsp3) is 0.848. The molecule has 5 aliphatic rings. The van der Waals surface area contributed by atoms with Gasteiger partial charge in [0.15, 0.2) is 9.84 Å². The Kier molecular flexibility index (Phi) is 10.7. The van der Waals surface area contributed by atoms with Gasteiger partial charge in [0, 0.05) is 24.4 Å². The number of alkyl halides is 2. The monoisotopic (exact) mass is 731 g/mol. The number of Topliss-reactive ketones (excluding diaryl/α,β-unsaturated/α-hetero) is 1. The molecule has 5 amide bonds. The number of hydrogen-bond donors (Lipinski definition) is 4. The second-order valence-electron chi connectivity index (χ2n) is 15.7. The Labute approximate surface area is 293 Å². The van der Waals surface area contributed by atoms with Gasteiger partial charge in [-0.1, -0.05) is 59.8 Å². The number of sulfone groups is 1.